The molecule has 18 heavy (non-hydrogen) atoms. The molecule has 0 N–H and O–H groups in total. The Morgan fingerprint density at radius 2 is 1.94 bits per heavy atom. The summed E-state index contributed by atoms with van der Waals surface area (Å²) in [5.74, 6) is 0.983. The van der Waals surface area contributed by atoms with Gasteiger partial charge in [0.05, 0.1) is 13.2 Å². The van der Waals surface area contributed by atoms with Gasteiger partial charge in [0.2, 0.25) is 0 Å². The van der Waals surface area contributed by atoms with Gasteiger partial charge in [-0.3, -0.25) is 0 Å². The third kappa shape index (κ3) is 4.19. The Morgan fingerprint density at radius 3 is 2.72 bits per heavy atom. The molecule has 1 aromatic rings. The van der Waals surface area contributed by atoms with Crippen LogP contribution in [-0.2, 0) is 16.1 Å². The maximum Gasteiger partial charge on any atom is 0.118 e. The van der Waals surface area contributed by atoms with Crippen LogP contribution in [0.1, 0.15) is 32.3 Å². The maximum atomic E-state index is 5.71. The quantitative estimate of drug-likeness (QED) is 0.801. The fourth-order valence-corrected chi connectivity index (χ4v) is 1.95. The first kappa shape index (κ1) is 13.2. The molecule has 0 fully saturated rings. The normalized spacial score (nSPS) is 18.7. The van der Waals surface area contributed by atoms with Crippen LogP contribution in [0.15, 0.2) is 42.2 Å². The zero-order chi connectivity index (χ0) is 12.8. The Morgan fingerprint density at radius 1 is 1.17 bits per heavy atom. The first-order valence-corrected chi connectivity index (χ1v) is 6.59. The molecule has 98 valence electrons. The smallest absolute Gasteiger partial charge is 0.118 e. The number of ether oxygens (including phenoxy) is 2. The molecule has 0 atom stereocenters. The third-order valence-corrected chi connectivity index (χ3v) is 3.30. The zero-order valence-corrected chi connectivity index (χ0v) is 11.3. The van der Waals surface area contributed by atoms with E-state index in [2.05, 4.69) is 32.1 Å². The maximum absolute atomic E-state index is 5.71. The van der Waals surface area contributed by atoms with Gasteiger partial charge < -0.3 is 9.47 Å². The molecule has 0 aromatic heterocycles. The summed E-state index contributed by atoms with van der Waals surface area (Å²) in [6.07, 6.45) is 4.35. The van der Waals surface area contributed by atoms with Crippen molar-refractivity contribution in [1.29, 1.82) is 0 Å². The molecule has 0 saturated carbocycles. The number of benzene rings is 1. The first-order chi connectivity index (χ1) is 8.66. The Balaban J connectivity index is 1.78. The van der Waals surface area contributed by atoms with Gasteiger partial charge in [-0.05, 0) is 29.9 Å². The van der Waals surface area contributed by atoms with Crippen molar-refractivity contribution in [2.45, 2.75) is 33.3 Å². The van der Waals surface area contributed by atoms with E-state index in [1.165, 1.54) is 5.56 Å². The Hall–Kier alpha value is -1.28. The SMILES string of the molecule is CC1(C)CC=C(COCc2ccccc2)OCC1. The molecule has 0 amide bonds. The minimum atomic E-state index is 0.348. The van der Waals surface area contributed by atoms with E-state index >= 15 is 0 Å². The summed E-state index contributed by atoms with van der Waals surface area (Å²) in [6, 6.07) is 10.2. The Bertz CT molecular complexity index is 393. The number of hydrogen-bond acceptors (Lipinski definition) is 2. The molecule has 0 saturated heterocycles. The highest BCUT2D eigenvalue weighted by atomic mass is 16.5. The van der Waals surface area contributed by atoms with Crippen molar-refractivity contribution in [2.24, 2.45) is 5.41 Å². The second kappa shape index (κ2) is 6.05. The van der Waals surface area contributed by atoms with Crippen molar-refractivity contribution in [3.63, 3.8) is 0 Å². The van der Waals surface area contributed by atoms with Gasteiger partial charge in [-0.15, -0.1) is 0 Å². The van der Waals surface area contributed by atoms with Gasteiger partial charge in [-0.2, -0.15) is 0 Å². The predicted molar refractivity (Wildman–Crippen MR) is 73.1 cm³/mol. The minimum Gasteiger partial charge on any atom is -0.496 e. The van der Waals surface area contributed by atoms with Crippen LogP contribution >= 0.6 is 0 Å². The number of allylic oxidation sites excluding steroid dienone is 1. The first-order valence-electron chi connectivity index (χ1n) is 6.59. The molecule has 2 nitrogen and oxygen atoms in total. The van der Waals surface area contributed by atoms with Crippen LogP contribution in [0.5, 0.6) is 0 Å². The predicted octanol–water partition coefficient (Wildman–Crippen LogP) is 3.92. The molecule has 2 heteroatoms. The number of rotatable bonds is 4. The lowest BCUT2D eigenvalue weighted by atomic mass is 9.86. The molecule has 0 bridgehead atoms. The molecule has 1 aliphatic heterocycles. The van der Waals surface area contributed by atoms with Gasteiger partial charge in [0.15, 0.2) is 0 Å². The molecule has 0 aliphatic carbocycles. The monoisotopic (exact) mass is 246 g/mol. The van der Waals surface area contributed by atoms with Crippen LogP contribution in [0.2, 0.25) is 0 Å². The van der Waals surface area contributed by atoms with Crippen LogP contribution in [0.4, 0.5) is 0 Å². The van der Waals surface area contributed by atoms with E-state index in [9.17, 15) is 0 Å². The lowest BCUT2D eigenvalue weighted by Gasteiger charge is -2.19. The van der Waals surface area contributed by atoms with E-state index in [1.54, 1.807) is 0 Å². The zero-order valence-electron chi connectivity index (χ0n) is 11.3. The summed E-state index contributed by atoms with van der Waals surface area (Å²) < 4.78 is 11.4. The highest BCUT2D eigenvalue weighted by Crippen LogP contribution is 2.29. The average Bonchev–Trinajstić information content (AvgIpc) is 2.52. The molecule has 1 aliphatic rings. The second-order valence-corrected chi connectivity index (χ2v) is 5.62. The topological polar surface area (TPSA) is 18.5 Å². The van der Waals surface area contributed by atoms with Crippen molar-refractivity contribution < 1.29 is 9.47 Å². The molecule has 1 heterocycles. The van der Waals surface area contributed by atoms with E-state index in [0.29, 0.717) is 18.6 Å². The standard InChI is InChI=1S/C16H22O2/c1-16(2)9-8-15(18-11-10-16)13-17-12-14-6-4-3-5-7-14/h3-8H,9-13H2,1-2H3. The lowest BCUT2D eigenvalue weighted by Crippen LogP contribution is -2.10. The second-order valence-electron chi connectivity index (χ2n) is 5.62. The minimum absolute atomic E-state index is 0.348. The summed E-state index contributed by atoms with van der Waals surface area (Å²) in [6.45, 7) is 6.57. The molecular formula is C16H22O2. The van der Waals surface area contributed by atoms with Gasteiger partial charge in [0.1, 0.15) is 12.4 Å². The molecule has 0 unspecified atom stereocenters. The largest absolute Gasteiger partial charge is 0.496 e. The molecule has 2 rings (SSSR count). The van der Waals surface area contributed by atoms with Crippen LogP contribution in [0.25, 0.3) is 0 Å². The van der Waals surface area contributed by atoms with Crippen molar-refractivity contribution in [3.05, 3.63) is 47.7 Å². The van der Waals surface area contributed by atoms with E-state index < -0.39 is 0 Å². The van der Waals surface area contributed by atoms with E-state index in [1.807, 2.05) is 18.2 Å². The summed E-state index contributed by atoms with van der Waals surface area (Å²) in [5.41, 5.74) is 1.55. The van der Waals surface area contributed by atoms with Crippen molar-refractivity contribution in [3.8, 4) is 0 Å². The summed E-state index contributed by atoms with van der Waals surface area (Å²) in [7, 11) is 0. The van der Waals surface area contributed by atoms with Gasteiger partial charge in [-0.25, -0.2) is 0 Å². The summed E-state index contributed by atoms with van der Waals surface area (Å²) in [5, 5.41) is 0. The van der Waals surface area contributed by atoms with Crippen molar-refractivity contribution in [1.82, 2.24) is 0 Å². The lowest BCUT2D eigenvalue weighted by molar-refractivity contribution is 0.0851. The Kier molecular flexibility index (Phi) is 4.43. The fraction of sp³-hybridized carbons (Fsp3) is 0.500. The van der Waals surface area contributed by atoms with Gasteiger partial charge in [0, 0.05) is 0 Å². The number of hydrogen-bond donors (Lipinski definition) is 0. The Labute approximate surface area is 110 Å². The van der Waals surface area contributed by atoms with Gasteiger partial charge in [-0.1, -0.05) is 44.2 Å². The highest BCUT2D eigenvalue weighted by Gasteiger charge is 2.20. The van der Waals surface area contributed by atoms with Crippen molar-refractivity contribution in [2.75, 3.05) is 13.2 Å². The molecule has 1 aromatic carbocycles. The van der Waals surface area contributed by atoms with Gasteiger partial charge >= 0.3 is 0 Å². The third-order valence-electron chi connectivity index (χ3n) is 3.30. The molecular weight excluding hydrogens is 224 g/mol. The van der Waals surface area contributed by atoms with Crippen LogP contribution < -0.4 is 0 Å². The molecule has 0 radical (unpaired) electrons. The van der Waals surface area contributed by atoms with E-state index in [-0.39, 0.29) is 0 Å². The van der Waals surface area contributed by atoms with E-state index in [0.717, 1.165) is 25.2 Å². The van der Waals surface area contributed by atoms with E-state index in [4.69, 9.17) is 9.47 Å². The van der Waals surface area contributed by atoms with Crippen LogP contribution in [0.3, 0.4) is 0 Å². The summed E-state index contributed by atoms with van der Waals surface area (Å²) in [4.78, 5) is 0. The van der Waals surface area contributed by atoms with Gasteiger partial charge in [0.25, 0.3) is 0 Å². The highest BCUT2D eigenvalue weighted by molar-refractivity contribution is 5.13. The van der Waals surface area contributed by atoms with Crippen molar-refractivity contribution >= 4 is 0 Å². The fourth-order valence-electron chi connectivity index (χ4n) is 1.95. The molecule has 0 spiro atoms. The van der Waals surface area contributed by atoms with Crippen LogP contribution in [0, 0.1) is 5.41 Å². The summed E-state index contributed by atoms with van der Waals surface area (Å²) >= 11 is 0. The average molecular weight is 246 g/mol. The van der Waals surface area contributed by atoms with Crippen LogP contribution in [-0.4, -0.2) is 13.2 Å².